The van der Waals surface area contributed by atoms with Gasteiger partial charge < -0.3 is 19.7 Å². The van der Waals surface area contributed by atoms with E-state index in [4.69, 9.17) is 0 Å². The molecular formula is C19H27N5O3. The lowest BCUT2D eigenvalue weighted by Gasteiger charge is -2.50. The molecule has 1 aromatic rings. The average molecular weight is 373 g/mol. The Bertz CT molecular complexity index is 765. The number of aromatic amines is 1. The SMILES string of the molecule is CC(=O)N1CCc2[nH]cnc2C12CCN(C(=O)[C@H](C)N1CCCC1=O)CC2. The van der Waals surface area contributed by atoms with Crippen LogP contribution in [0.5, 0.6) is 0 Å². The summed E-state index contributed by atoms with van der Waals surface area (Å²) in [6.07, 6.45) is 5.21. The molecule has 2 saturated heterocycles. The van der Waals surface area contributed by atoms with Crippen molar-refractivity contribution in [3.8, 4) is 0 Å². The summed E-state index contributed by atoms with van der Waals surface area (Å²) >= 11 is 0. The number of H-pyrrole nitrogens is 1. The Morgan fingerprint density at radius 1 is 1.19 bits per heavy atom. The standard InChI is InChI=1S/C19H27N5O3/c1-13(23-8-3-4-16(23)26)18(27)22-10-6-19(7-11-22)17-15(20-12-21-17)5-9-24(19)14(2)25/h12-13H,3-11H2,1-2H3,(H,20,21)/t13-/m0/s1. The van der Waals surface area contributed by atoms with Crippen molar-refractivity contribution < 1.29 is 14.4 Å². The molecule has 4 rings (SSSR count). The molecule has 0 unspecified atom stereocenters. The molecule has 27 heavy (non-hydrogen) atoms. The number of nitrogens with zero attached hydrogens (tertiary/aromatic N) is 4. The highest BCUT2D eigenvalue weighted by Gasteiger charge is 2.48. The number of likely N-dealkylation sites (tertiary alicyclic amines) is 2. The number of nitrogens with one attached hydrogen (secondary N) is 1. The van der Waals surface area contributed by atoms with E-state index in [1.807, 2.05) is 16.7 Å². The van der Waals surface area contributed by atoms with Gasteiger partial charge in [-0.2, -0.15) is 0 Å². The molecular weight excluding hydrogens is 346 g/mol. The molecule has 8 nitrogen and oxygen atoms in total. The highest BCUT2D eigenvalue weighted by Crippen LogP contribution is 2.42. The Morgan fingerprint density at radius 3 is 2.56 bits per heavy atom. The summed E-state index contributed by atoms with van der Waals surface area (Å²) in [5, 5.41) is 0. The van der Waals surface area contributed by atoms with Gasteiger partial charge >= 0.3 is 0 Å². The van der Waals surface area contributed by atoms with Crippen LogP contribution in [0.4, 0.5) is 0 Å². The maximum Gasteiger partial charge on any atom is 0.245 e. The van der Waals surface area contributed by atoms with E-state index in [9.17, 15) is 14.4 Å². The molecule has 0 aromatic carbocycles. The second-order valence-corrected chi connectivity index (χ2v) is 7.87. The summed E-state index contributed by atoms with van der Waals surface area (Å²) in [6, 6.07) is -0.412. The van der Waals surface area contributed by atoms with E-state index in [2.05, 4.69) is 9.97 Å². The fourth-order valence-corrected chi connectivity index (χ4v) is 5.02. The quantitative estimate of drug-likeness (QED) is 0.824. The van der Waals surface area contributed by atoms with Crippen LogP contribution in [-0.2, 0) is 26.3 Å². The van der Waals surface area contributed by atoms with Crippen LogP contribution in [0.2, 0.25) is 0 Å². The molecule has 0 saturated carbocycles. The van der Waals surface area contributed by atoms with Crippen molar-refractivity contribution in [3.05, 3.63) is 17.7 Å². The zero-order valence-electron chi connectivity index (χ0n) is 16.0. The first kappa shape index (κ1) is 18.0. The van der Waals surface area contributed by atoms with E-state index >= 15 is 0 Å². The molecule has 146 valence electrons. The molecule has 1 aromatic heterocycles. The maximum absolute atomic E-state index is 12.9. The Balaban J connectivity index is 1.51. The van der Waals surface area contributed by atoms with Crippen molar-refractivity contribution in [2.75, 3.05) is 26.2 Å². The van der Waals surface area contributed by atoms with E-state index in [1.54, 1.807) is 18.2 Å². The number of carbonyl (C=O) groups excluding carboxylic acids is 3. The molecule has 1 atom stereocenters. The number of imidazole rings is 1. The number of aromatic nitrogens is 2. The van der Waals surface area contributed by atoms with E-state index in [0.29, 0.717) is 45.4 Å². The van der Waals surface area contributed by atoms with Crippen LogP contribution < -0.4 is 0 Å². The van der Waals surface area contributed by atoms with Crippen LogP contribution >= 0.6 is 0 Å². The number of piperidine rings is 1. The smallest absolute Gasteiger partial charge is 0.245 e. The fourth-order valence-electron chi connectivity index (χ4n) is 5.02. The molecule has 4 heterocycles. The van der Waals surface area contributed by atoms with Gasteiger partial charge in [0.2, 0.25) is 17.7 Å². The van der Waals surface area contributed by atoms with Crippen molar-refractivity contribution in [2.24, 2.45) is 0 Å². The Kier molecular flexibility index (Phi) is 4.44. The predicted molar refractivity (Wildman–Crippen MR) is 97.6 cm³/mol. The lowest BCUT2D eigenvalue weighted by Crippen LogP contribution is -2.59. The highest BCUT2D eigenvalue weighted by atomic mass is 16.2. The second-order valence-electron chi connectivity index (χ2n) is 7.87. The lowest BCUT2D eigenvalue weighted by molar-refractivity contribution is -0.147. The minimum absolute atomic E-state index is 0.00698. The lowest BCUT2D eigenvalue weighted by atomic mass is 9.78. The zero-order chi connectivity index (χ0) is 19.2. The molecule has 1 N–H and O–H groups in total. The summed E-state index contributed by atoms with van der Waals surface area (Å²) in [4.78, 5) is 50.4. The Hall–Kier alpha value is -2.38. The third kappa shape index (κ3) is 2.82. The first-order valence-corrected chi connectivity index (χ1v) is 9.83. The minimum atomic E-state index is -0.428. The Labute approximate surface area is 158 Å². The van der Waals surface area contributed by atoms with Crippen LogP contribution in [0.25, 0.3) is 0 Å². The van der Waals surface area contributed by atoms with E-state index < -0.39 is 11.6 Å². The second kappa shape index (κ2) is 6.65. The van der Waals surface area contributed by atoms with Crippen LogP contribution in [0, 0.1) is 0 Å². The van der Waals surface area contributed by atoms with Crippen molar-refractivity contribution in [3.63, 3.8) is 0 Å². The van der Waals surface area contributed by atoms with Gasteiger partial charge in [-0.3, -0.25) is 14.4 Å². The average Bonchev–Trinajstić information content (AvgIpc) is 3.30. The third-order valence-corrected chi connectivity index (χ3v) is 6.48. The molecule has 3 aliphatic heterocycles. The first-order chi connectivity index (χ1) is 12.9. The number of amides is 3. The predicted octanol–water partition coefficient (Wildman–Crippen LogP) is 0.643. The van der Waals surface area contributed by atoms with Gasteiger partial charge in [0.25, 0.3) is 0 Å². The number of fused-ring (bicyclic) bond motifs is 2. The minimum Gasteiger partial charge on any atom is -0.348 e. The van der Waals surface area contributed by atoms with Crippen LogP contribution in [0.15, 0.2) is 6.33 Å². The number of hydrogen-bond donors (Lipinski definition) is 1. The van der Waals surface area contributed by atoms with E-state index in [1.165, 1.54) is 0 Å². The molecule has 3 amide bonds. The molecule has 3 aliphatic rings. The van der Waals surface area contributed by atoms with Crippen molar-refractivity contribution in [1.82, 2.24) is 24.7 Å². The normalized spacial score (nSPS) is 22.9. The van der Waals surface area contributed by atoms with Crippen molar-refractivity contribution in [1.29, 1.82) is 0 Å². The Morgan fingerprint density at radius 2 is 1.93 bits per heavy atom. The molecule has 8 heteroatoms. The highest BCUT2D eigenvalue weighted by molar-refractivity contribution is 5.88. The molecule has 0 radical (unpaired) electrons. The summed E-state index contributed by atoms with van der Waals surface area (Å²) in [5.74, 6) is 0.132. The van der Waals surface area contributed by atoms with Gasteiger partial charge in [-0.25, -0.2) is 4.98 Å². The third-order valence-electron chi connectivity index (χ3n) is 6.48. The maximum atomic E-state index is 12.9. The van der Waals surface area contributed by atoms with Gasteiger partial charge in [0.1, 0.15) is 6.04 Å². The molecule has 0 bridgehead atoms. The van der Waals surface area contributed by atoms with Gasteiger partial charge in [-0.05, 0) is 26.2 Å². The first-order valence-electron chi connectivity index (χ1n) is 9.83. The molecule has 0 aliphatic carbocycles. The van der Waals surface area contributed by atoms with Crippen LogP contribution in [0.1, 0.15) is 50.9 Å². The van der Waals surface area contributed by atoms with Crippen LogP contribution in [-0.4, -0.2) is 74.6 Å². The summed E-state index contributed by atoms with van der Waals surface area (Å²) in [6.45, 7) is 5.92. The summed E-state index contributed by atoms with van der Waals surface area (Å²) < 4.78 is 0. The summed E-state index contributed by atoms with van der Waals surface area (Å²) in [5.41, 5.74) is 1.63. The number of carbonyl (C=O) groups is 3. The van der Waals surface area contributed by atoms with Gasteiger partial charge in [0.05, 0.1) is 17.6 Å². The topological polar surface area (TPSA) is 89.6 Å². The van der Waals surface area contributed by atoms with Gasteiger partial charge in [-0.1, -0.05) is 0 Å². The zero-order valence-corrected chi connectivity index (χ0v) is 16.0. The number of rotatable bonds is 2. The summed E-state index contributed by atoms with van der Waals surface area (Å²) in [7, 11) is 0. The van der Waals surface area contributed by atoms with Gasteiger partial charge in [0.15, 0.2) is 0 Å². The molecule has 1 spiro atoms. The van der Waals surface area contributed by atoms with E-state index in [0.717, 1.165) is 24.2 Å². The van der Waals surface area contributed by atoms with Gasteiger partial charge in [0, 0.05) is 51.6 Å². The largest absolute Gasteiger partial charge is 0.348 e. The number of hydrogen-bond acceptors (Lipinski definition) is 4. The molecule has 2 fully saturated rings. The van der Waals surface area contributed by atoms with Crippen molar-refractivity contribution in [2.45, 2.75) is 57.5 Å². The monoisotopic (exact) mass is 373 g/mol. The van der Waals surface area contributed by atoms with Gasteiger partial charge in [-0.15, -0.1) is 0 Å². The van der Waals surface area contributed by atoms with Crippen LogP contribution in [0.3, 0.4) is 0 Å². The fraction of sp³-hybridized carbons (Fsp3) is 0.684. The van der Waals surface area contributed by atoms with Crippen molar-refractivity contribution >= 4 is 17.7 Å². The van der Waals surface area contributed by atoms with E-state index in [-0.39, 0.29) is 17.7 Å².